The normalized spacial score (nSPS) is 15.3. The zero-order valence-corrected chi connectivity index (χ0v) is 10.00. The van der Waals surface area contributed by atoms with Crippen molar-refractivity contribution in [2.24, 2.45) is 5.41 Å². The Hall–Kier alpha value is -0.170. The molecule has 0 rings (SSSR count). The molecular formula is C9H20O5S. The lowest BCUT2D eigenvalue weighted by Gasteiger charge is -2.26. The zero-order valence-electron chi connectivity index (χ0n) is 9.18. The van der Waals surface area contributed by atoms with Gasteiger partial charge in [-0.05, 0) is 24.7 Å². The summed E-state index contributed by atoms with van der Waals surface area (Å²) in [6, 6.07) is 0. The Morgan fingerprint density at radius 1 is 1.33 bits per heavy atom. The minimum atomic E-state index is -3.89. The summed E-state index contributed by atoms with van der Waals surface area (Å²) < 4.78 is 29.4. The van der Waals surface area contributed by atoms with E-state index in [1.807, 2.05) is 13.8 Å². The summed E-state index contributed by atoms with van der Waals surface area (Å²) in [5.41, 5.74) is -0.243. The van der Waals surface area contributed by atoms with Crippen molar-refractivity contribution in [1.82, 2.24) is 0 Å². The van der Waals surface area contributed by atoms with Crippen LogP contribution in [0.25, 0.3) is 0 Å². The second kappa shape index (κ2) is 5.79. The van der Waals surface area contributed by atoms with Crippen LogP contribution >= 0.6 is 0 Å². The minimum Gasteiger partial charge on any atom is -0.394 e. The van der Waals surface area contributed by atoms with Crippen LogP contribution in [0.2, 0.25) is 0 Å². The average molecular weight is 240 g/mol. The Balaban J connectivity index is 3.94. The molecule has 1 unspecified atom stereocenters. The van der Waals surface area contributed by atoms with E-state index in [-0.39, 0.29) is 17.8 Å². The van der Waals surface area contributed by atoms with E-state index in [0.29, 0.717) is 19.3 Å². The number of hydrogen-bond acceptors (Lipinski definition) is 4. The van der Waals surface area contributed by atoms with Crippen molar-refractivity contribution in [1.29, 1.82) is 0 Å². The summed E-state index contributed by atoms with van der Waals surface area (Å²) in [5, 5.41) is 17.9. The van der Waals surface area contributed by atoms with Crippen LogP contribution in [0.3, 0.4) is 0 Å². The summed E-state index contributed by atoms with van der Waals surface area (Å²) >= 11 is 0. The predicted octanol–water partition coefficient (Wildman–Crippen LogP) is 0.424. The van der Waals surface area contributed by atoms with Crippen molar-refractivity contribution in [3.63, 3.8) is 0 Å². The lowest BCUT2D eigenvalue weighted by atomic mass is 9.82. The molecule has 1 atom stereocenters. The van der Waals surface area contributed by atoms with E-state index in [2.05, 4.69) is 0 Å². The third-order valence-corrected chi connectivity index (χ3v) is 3.06. The molecule has 5 nitrogen and oxygen atoms in total. The van der Waals surface area contributed by atoms with E-state index in [1.165, 1.54) is 0 Å². The second-order valence-electron chi connectivity index (χ2n) is 4.59. The van der Waals surface area contributed by atoms with Gasteiger partial charge in [-0.3, -0.25) is 4.55 Å². The predicted molar refractivity (Wildman–Crippen MR) is 57.1 cm³/mol. The smallest absolute Gasteiger partial charge is 0.264 e. The molecule has 0 aromatic carbocycles. The monoisotopic (exact) mass is 240 g/mol. The molecule has 0 aromatic rings. The van der Waals surface area contributed by atoms with Crippen molar-refractivity contribution in [2.45, 2.75) is 39.2 Å². The van der Waals surface area contributed by atoms with E-state index in [0.717, 1.165) is 0 Å². The number of aliphatic hydroxyl groups is 2. The highest BCUT2D eigenvalue weighted by Crippen LogP contribution is 2.28. The third-order valence-electron chi connectivity index (χ3n) is 2.25. The summed E-state index contributed by atoms with van der Waals surface area (Å²) in [6.45, 7) is 3.48. The molecule has 0 amide bonds. The van der Waals surface area contributed by atoms with Gasteiger partial charge in [0.15, 0.2) is 0 Å². The van der Waals surface area contributed by atoms with Crippen LogP contribution in [0.1, 0.15) is 33.1 Å². The lowest BCUT2D eigenvalue weighted by Crippen LogP contribution is -2.24. The molecule has 0 radical (unpaired) electrons. The van der Waals surface area contributed by atoms with Crippen LogP contribution in [0.5, 0.6) is 0 Å². The fourth-order valence-electron chi connectivity index (χ4n) is 1.54. The van der Waals surface area contributed by atoms with E-state index in [1.54, 1.807) is 0 Å². The summed E-state index contributed by atoms with van der Waals surface area (Å²) in [5.74, 6) is -0.258. The third kappa shape index (κ3) is 8.80. The zero-order chi connectivity index (χ0) is 12.1. The van der Waals surface area contributed by atoms with Gasteiger partial charge in [0, 0.05) is 0 Å². The standard InChI is InChI=1S/C9H20O5S/c1-9(2,6-8(11)7-10)4-3-5-15(12,13)14/h8,10-11H,3-7H2,1-2H3,(H,12,13,14). The fraction of sp³-hybridized carbons (Fsp3) is 1.00. The Kier molecular flexibility index (Phi) is 5.72. The van der Waals surface area contributed by atoms with Gasteiger partial charge in [0.2, 0.25) is 0 Å². The summed E-state index contributed by atoms with van der Waals surface area (Å²) in [6.07, 6.45) is 0.564. The Morgan fingerprint density at radius 3 is 2.27 bits per heavy atom. The molecule has 92 valence electrons. The SMILES string of the molecule is CC(C)(CCCS(=O)(=O)O)CC(O)CO. The van der Waals surface area contributed by atoms with Crippen molar-refractivity contribution in [2.75, 3.05) is 12.4 Å². The molecular weight excluding hydrogens is 220 g/mol. The van der Waals surface area contributed by atoms with E-state index in [4.69, 9.17) is 9.66 Å². The fourth-order valence-corrected chi connectivity index (χ4v) is 2.05. The first-order valence-corrected chi connectivity index (χ1v) is 6.51. The van der Waals surface area contributed by atoms with Gasteiger partial charge in [-0.2, -0.15) is 8.42 Å². The molecule has 0 spiro atoms. The summed E-state index contributed by atoms with van der Waals surface area (Å²) in [7, 11) is -3.89. The highest BCUT2D eigenvalue weighted by atomic mass is 32.2. The molecule has 6 heteroatoms. The summed E-state index contributed by atoms with van der Waals surface area (Å²) in [4.78, 5) is 0. The van der Waals surface area contributed by atoms with Crippen LogP contribution in [0.4, 0.5) is 0 Å². The first-order chi connectivity index (χ1) is 6.66. The van der Waals surface area contributed by atoms with Gasteiger partial charge in [0.25, 0.3) is 10.1 Å². The van der Waals surface area contributed by atoms with Crippen LogP contribution in [0, 0.1) is 5.41 Å². The minimum absolute atomic E-state index is 0.243. The van der Waals surface area contributed by atoms with Gasteiger partial charge < -0.3 is 10.2 Å². The molecule has 0 saturated heterocycles. The maximum absolute atomic E-state index is 10.5. The average Bonchev–Trinajstić information content (AvgIpc) is 2.00. The van der Waals surface area contributed by atoms with Crippen LogP contribution in [0.15, 0.2) is 0 Å². The lowest BCUT2D eigenvalue weighted by molar-refractivity contribution is 0.0541. The van der Waals surface area contributed by atoms with Gasteiger partial charge in [0.1, 0.15) is 0 Å². The first-order valence-electron chi connectivity index (χ1n) is 4.90. The van der Waals surface area contributed by atoms with Crippen molar-refractivity contribution in [3.05, 3.63) is 0 Å². The van der Waals surface area contributed by atoms with Crippen molar-refractivity contribution in [3.8, 4) is 0 Å². The van der Waals surface area contributed by atoms with Gasteiger partial charge in [-0.25, -0.2) is 0 Å². The molecule has 0 bridgehead atoms. The molecule has 0 aliphatic carbocycles. The molecule has 0 aliphatic heterocycles. The Morgan fingerprint density at radius 2 is 1.87 bits per heavy atom. The highest BCUT2D eigenvalue weighted by molar-refractivity contribution is 7.85. The Bertz CT molecular complexity index is 270. The molecule has 0 aliphatic rings. The topological polar surface area (TPSA) is 94.8 Å². The molecule has 0 heterocycles. The Labute approximate surface area is 90.9 Å². The van der Waals surface area contributed by atoms with E-state index in [9.17, 15) is 13.5 Å². The quantitative estimate of drug-likeness (QED) is 0.561. The molecule has 3 N–H and O–H groups in total. The molecule has 0 aromatic heterocycles. The maximum Gasteiger partial charge on any atom is 0.264 e. The number of aliphatic hydroxyl groups excluding tert-OH is 2. The molecule has 0 saturated carbocycles. The largest absolute Gasteiger partial charge is 0.394 e. The van der Waals surface area contributed by atoms with Gasteiger partial charge in [-0.1, -0.05) is 13.8 Å². The van der Waals surface area contributed by atoms with E-state index < -0.39 is 16.2 Å². The van der Waals surface area contributed by atoms with E-state index >= 15 is 0 Å². The van der Waals surface area contributed by atoms with Crippen molar-refractivity contribution >= 4 is 10.1 Å². The second-order valence-corrected chi connectivity index (χ2v) is 6.17. The number of hydrogen-bond donors (Lipinski definition) is 3. The van der Waals surface area contributed by atoms with Crippen LogP contribution in [-0.4, -0.2) is 41.6 Å². The molecule has 15 heavy (non-hydrogen) atoms. The highest BCUT2D eigenvalue weighted by Gasteiger charge is 2.22. The first kappa shape index (κ1) is 14.8. The maximum atomic E-state index is 10.5. The van der Waals surface area contributed by atoms with Crippen molar-refractivity contribution < 1.29 is 23.2 Å². The van der Waals surface area contributed by atoms with Crippen LogP contribution in [-0.2, 0) is 10.1 Å². The number of rotatable bonds is 7. The van der Waals surface area contributed by atoms with Gasteiger partial charge in [0.05, 0.1) is 18.5 Å². The molecule has 0 fully saturated rings. The van der Waals surface area contributed by atoms with Gasteiger partial charge in [-0.15, -0.1) is 0 Å². The van der Waals surface area contributed by atoms with Gasteiger partial charge >= 0.3 is 0 Å². The van der Waals surface area contributed by atoms with Crippen LogP contribution < -0.4 is 0 Å².